The van der Waals surface area contributed by atoms with Crippen molar-refractivity contribution in [2.45, 2.75) is 17.9 Å². The molecule has 0 saturated carbocycles. The Morgan fingerprint density at radius 1 is 1.37 bits per heavy atom. The summed E-state index contributed by atoms with van der Waals surface area (Å²) in [4.78, 5) is 23.7. The molecule has 5 nitrogen and oxygen atoms in total. The van der Waals surface area contributed by atoms with Gasteiger partial charge < -0.3 is 15.4 Å². The average molecular weight is 282 g/mol. The fourth-order valence-corrected chi connectivity index (χ4v) is 2.16. The van der Waals surface area contributed by atoms with Crippen molar-refractivity contribution in [2.75, 3.05) is 25.2 Å². The number of esters is 1. The zero-order chi connectivity index (χ0) is 14.3. The second-order valence-corrected chi connectivity index (χ2v) is 4.71. The Balaban J connectivity index is 2.70. The average Bonchev–Trinajstić information content (AvgIpc) is 2.42. The molecule has 1 rings (SSSR count). The van der Waals surface area contributed by atoms with Crippen LogP contribution in [-0.4, -0.2) is 37.8 Å². The number of rotatable bonds is 6. The number of para-hydroxylation sites is 1. The standard InChI is InChI=1S/C13H18N2O3S/c1-9(16)15-11(13(17)18-2)8-14-10-6-4-5-7-12(10)19-3/h4-7,11,14H,8H2,1-3H3,(H,15,16). The van der Waals surface area contributed by atoms with E-state index >= 15 is 0 Å². The molecule has 1 aromatic carbocycles. The number of carbonyl (C=O) groups excluding carboxylic acids is 2. The van der Waals surface area contributed by atoms with Crippen molar-refractivity contribution in [3.63, 3.8) is 0 Å². The maximum absolute atomic E-state index is 11.5. The van der Waals surface area contributed by atoms with E-state index in [1.54, 1.807) is 11.8 Å². The molecule has 0 spiro atoms. The smallest absolute Gasteiger partial charge is 0.330 e. The van der Waals surface area contributed by atoms with Crippen LogP contribution in [0, 0.1) is 0 Å². The molecule has 0 aliphatic carbocycles. The highest BCUT2D eigenvalue weighted by molar-refractivity contribution is 7.98. The molecule has 2 N–H and O–H groups in total. The second kappa shape index (κ2) is 7.68. The molecule has 0 fully saturated rings. The number of hydrogen-bond acceptors (Lipinski definition) is 5. The lowest BCUT2D eigenvalue weighted by molar-refractivity contribution is -0.144. The van der Waals surface area contributed by atoms with Gasteiger partial charge in [0.1, 0.15) is 6.04 Å². The van der Waals surface area contributed by atoms with Gasteiger partial charge in [-0.1, -0.05) is 12.1 Å². The Morgan fingerprint density at radius 2 is 2.05 bits per heavy atom. The SMILES string of the molecule is COC(=O)C(CNc1ccccc1SC)NC(C)=O. The van der Waals surface area contributed by atoms with Crippen LogP contribution in [-0.2, 0) is 14.3 Å². The van der Waals surface area contributed by atoms with Gasteiger partial charge in [0.15, 0.2) is 0 Å². The second-order valence-electron chi connectivity index (χ2n) is 3.86. The lowest BCUT2D eigenvalue weighted by Crippen LogP contribution is -2.45. The number of hydrogen-bond donors (Lipinski definition) is 2. The summed E-state index contributed by atoms with van der Waals surface area (Å²) in [6, 6.07) is 7.07. The number of benzene rings is 1. The molecule has 0 heterocycles. The van der Waals surface area contributed by atoms with Gasteiger partial charge in [-0.3, -0.25) is 4.79 Å². The molecule has 1 unspecified atom stereocenters. The van der Waals surface area contributed by atoms with E-state index in [2.05, 4.69) is 15.4 Å². The summed E-state index contributed by atoms with van der Waals surface area (Å²) < 4.78 is 4.66. The summed E-state index contributed by atoms with van der Waals surface area (Å²) in [5.41, 5.74) is 0.925. The first-order valence-electron chi connectivity index (χ1n) is 5.80. The highest BCUT2D eigenvalue weighted by Gasteiger charge is 2.19. The zero-order valence-corrected chi connectivity index (χ0v) is 12.0. The molecule has 19 heavy (non-hydrogen) atoms. The number of nitrogens with one attached hydrogen (secondary N) is 2. The lowest BCUT2D eigenvalue weighted by atomic mass is 10.2. The zero-order valence-electron chi connectivity index (χ0n) is 11.2. The molecule has 1 amide bonds. The van der Waals surface area contributed by atoms with Gasteiger partial charge in [-0.25, -0.2) is 4.79 Å². The van der Waals surface area contributed by atoms with Crippen molar-refractivity contribution < 1.29 is 14.3 Å². The predicted molar refractivity (Wildman–Crippen MR) is 76.3 cm³/mol. The number of thioether (sulfide) groups is 1. The van der Waals surface area contributed by atoms with Crippen LogP contribution in [0.15, 0.2) is 29.2 Å². The van der Waals surface area contributed by atoms with Crippen molar-refractivity contribution in [2.24, 2.45) is 0 Å². The van der Waals surface area contributed by atoms with Crippen molar-refractivity contribution in [1.82, 2.24) is 5.32 Å². The van der Waals surface area contributed by atoms with E-state index in [1.165, 1.54) is 14.0 Å². The maximum atomic E-state index is 11.5. The van der Waals surface area contributed by atoms with Gasteiger partial charge in [0, 0.05) is 24.1 Å². The summed E-state index contributed by atoms with van der Waals surface area (Å²) in [5.74, 6) is -0.736. The summed E-state index contributed by atoms with van der Waals surface area (Å²) >= 11 is 1.61. The largest absolute Gasteiger partial charge is 0.467 e. The Kier molecular flexibility index (Phi) is 6.21. The maximum Gasteiger partial charge on any atom is 0.330 e. The Morgan fingerprint density at radius 3 is 2.63 bits per heavy atom. The number of amides is 1. The van der Waals surface area contributed by atoms with Crippen molar-refractivity contribution in [3.05, 3.63) is 24.3 Å². The molecule has 104 valence electrons. The van der Waals surface area contributed by atoms with Crippen LogP contribution in [0.3, 0.4) is 0 Å². The van der Waals surface area contributed by atoms with Gasteiger partial charge >= 0.3 is 5.97 Å². The minimum absolute atomic E-state index is 0.268. The van der Waals surface area contributed by atoms with Crippen LogP contribution in [0.1, 0.15) is 6.92 Å². The van der Waals surface area contributed by atoms with Crippen molar-refractivity contribution in [3.8, 4) is 0 Å². The van der Waals surface area contributed by atoms with E-state index in [1.807, 2.05) is 30.5 Å². The van der Waals surface area contributed by atoms with Crippen molar-refractivity contribution >= 4 is 29.3 Å². The minimum Gasteiger partial charge on any atom is -0.467 e. The quantitative estimate of drug-likeness (QED) is 0.611. The number of ether oxygens (including phenoxy) is 1. The van der Waals surface area contributed by atoms with Gasteiger partial charge in [-0.2, -0.15) is 0 Å². The van der Waals surface area contributed by atoms with E-state index in [0.29, 0.717) is 0 Å². The van der Waals surface area contributed by atoms with Crippen molar-refractivity contribution in [1.29, 1.82) is 0 Å². The van der Waals surface area contributed by atoms with Gasteiger partial charge in [-0.15, -0.1) is 11.8 Å². The van der Waals surface area contributed by atoms with Gasteiger partial charge in [0.25, 0.3) is 0 Å². The number of carbonyl (C=O) groups is 2. The summed E-state index contributed by atoms with van der Waals surface area (Å²) in [6.45, 7) is 1.65. The molecule has 1 atom stereocenters. The predicted octanol–water partition coefficient (Wildman–Crippen LogP) is 1.50. The van der Waals surface area contributed by atoms with E-state index in [9.17, 15) is 9.59 Å². The Labute approximate surface area is 117 Å². The summed E-state index contributed by atoms with van der Waals surface area (Å²) in [7, 11) is 1.30. The third-order valence-electron chi connectivity index (χ3n) is 2.47. The third-order valence-corrected chi connectivity index (χ3v) is 3.26. The Hall–Kier alpha value is -1.69. The van der Waals surface area contributed by atoms with Crippen LogP contribution in [0.5, 0.6) is 0 Å². The first kappa shape index (κ1) is 15.4. The molecule has 0 aromatic heterocycles. The fraction of sp³-hybridized carbons (Fsp3) is 0.385. The van der Waals surface area contributed by atoms with Gasteiger partial charge in [-0.05, 0) is 18.4 Å². The first-order valence-corrected chi connectivity index (χ1v) is 7.02. The van der Waals surface area contributed by atoms with Crippen LogP contribution in [0.25, 0.3) is 0 Å². The molecule has 0 aliphatic heterocycles. The van der Waals surface area contributed by atoms with E-state index in [-0.39, 0.29) is 12.5 Å². The highest BCUT2D eigenvalue weighted by Crippen LogP contribution is 2.24. The third kappa shape index (κ3) is 4.82. The normalized spacial score (nSPS) is 11.5. The number of anilines is 1. The molecule has 0 bridgehead atoms. The molecular weight excluding hydrogens is 264 g/mol. The molecule has 0 saturated heterocycles. The van der Waals surface area contributed by atoms with Gasteiger partial charge in [0.05, 0.1) is 7.11 Å². The topological polar surface area (TPSA) is 67.4 Å². The molecule has 0 radical (unpaired) electrons. The van der Waals surface area contributed by atoms with Crippen LogP contribution in [0.4, 0.5) is 5.69 Å². The monoisotopic (exact) mass is 282 g/mol. The van der Waals surface area contributed by atoms with E-state index in [4.69, 9.17) is 0 Å². The van der Waals surface area contributed by atoms with Gasteiger partial charge in [0.2, 0.25) is 5.91 Å². The fourth-order valence-electron chi connectivity index (χ4n) is 1.58. The van der Waals surface area contributed by atoms with Crippen LogP contribution in [0.2, 0.25) is 0 Å². The summed E-state index contributed by atoms with van der Waals surface area (Å²) in [6.07, 6.45) is 1.98. The molecule has 6 heteroatoms. The van der Waals surface area contributed by atoms with E-state index in [0.717, 1.165) is 10.6 Å². The highest BCUT2D eigenvalue weighted by atomic mass is 32.2. The molecule has 1 aromatic rings. The lowest BCUT2D eigenvalue weighted by Gasteiger charge is -2.17. The summed E-state index contributed by atoms with van der Waals surface area (Å²) in [5, 5.41) is 5.70. The van der Waals surface area contributed by atoms with E-state index < -0.39 is 12.0 Å². The molecule has 0 aliphatic rings. The van der Waals surface area contributed by atoms with Crippen LogP contribution < -0.4 is 10.6 Å². The molecular formula is C13H18N2O3S. The minimum atomic E-state index is -0.697. The first-order chi connectivity index (χ1) is 9.08. The van der Waals surface area contributed by atoms with Crippen LogP contribution >= 0.6 is 11.8 Å². The number of methoxy groups -OCH3 is 1. The Bertz CT molecular complexity index is 451.